The predicted octanol–water partition coefficient (Wildman–Crippen LogP) is 0.723. The van der Waals surface area contributed by atoms with Crippen molar-refractivity contribution in [1.29, 1.82) is 0 Å². The average molecular weight is 224 g/mol. The largest absolute Gasteiger partial charge is 0.494 e. The summed E-state index contributed by atoms with van der Waals surface area (Å²) >= 11 is 0. The quantitative estimate of drug-likeness (QED) is 0.778. The molecule has 1 heterocycles. The van der Waals surface area contributed by atoms with Crippen LogP contribution in [0.5, 0.6) is 5.75 Å². The third-order valence-electron chi connectivity index (χ3n) is 2.70. The van der Waals surface area contributed by atoms with Gasteiger partial charge >= 0.3 is 0 Å². The van der Waals surface area contributed by atoms with Gasteiger partial charge in [-0.2, -0.15) is 0 Å². The van der Waals surface area contributed by atoms with Crippen LogP contribution in [0.25, 0.3) is 0 Å². The molecule has 4 nitrogen and oxygen atoms in total. The van der Waals surface area contributed by atoms with E-state index in [1.807, 2.05) is 0 Å². The number of halogens is 1. The number of rotatable bonds is 2. The maximum absolute atomic E-state index is 13.2. The SMILES string of the molecule is COc1cc([C@H]2NC(=O)C[C@@H]2N)ccc1F. The zero-order chi connectivity index (χ0) is 11.7. The highest BCUT2D eigenvalue weighted by atomic mass is 19.1. The number of carbonyl (C=O) groups is 1. The number of benzene rings is 1. The molecule has 1 aliphatic heterocycles. The first-order valence-corrected chi connectivity index (χ1v) is 5.00. The lowest BCUT2D eigenvalue weighted by molar-refractivity contribution is -0.119. The first-order valence-electron chi connectivity index (χ1n) is 5.00. The summed E-state index contributed by atoms with van der Waals surface area (Å²) in [4.78, 5) is 11.2. The second-order valence-electron chi connectivity index (χ2n) is 3.81. The van der Waals surface area contributed by atoms with Gasteiger partial charge in [-0.05, 0) is 17.7 Å². The average Bonchev–Trinajstić information content (AvgIpc) is 2.59. The van der Waals surface area contributed by atoms with Gasteiger partial charge in [0.05, 0.1) is 13.2 Å². The van der Waals surface area contributed by atoms with Gasteiger partial charge in [0.1, 0.15) is 0 Å². The zero-order valence-corrected chi connectivity index (χ0v) is 8.87. The smallest absolute Gasteiger partial charge is 0.222 e. The summed E-state index contributed by atoms with van der Waals surface area (Å²) < 4.78 is 18.1. The molecular weight excluding hydrogens is 211 g/mol. The number of hydrogen-bond donors (Lipinski definition) is 2. The molecule has 2 atom stereocenters. The van der Waals surface area contributed by atoms with Gasteiger partial charge in [0, 0.05) is 12.5 Å². The molecule has 1 aliphatic rings. The van der Waals surface area contributed by atoms with Gasteiger partial charge in [-0.3, -0.25) is 4.79 Å². The third kappa shape index (κ3) is 1.86. The van der Waals surface area contributed by atoms with E-state index < -0.39 is 5.82 Å². The highest BCUT2D eigenvalue weighted by Crippen LogP contribution is 2.27. The third-order valence-corrected chi connectivity index (χ3v) is 2.70. The van der Waals surface area contributed by atoms with Crippen LogP contribution in [0.2, 0.25) is 0 Å². The van der Waals surface area contributed by atoms with Crippen LogP contribution in [0.3, 0.4) is 0 Å². The fourth-order valence-electron chi connectivity index (χ4n) is 1.87. The van der Waals surface area contributed by atoms with Crippen molar-refractivity contribution >= 4 is 5.91 Å². The molecule has 1 aromatic carbocycles. The Morgan fingerprint density at radius 1 is 1.56 bits per heavy atom. The topological polar surface area (TPSA) is 64.3 Å². The molecule has 1 aromatic rings. The molecule has 0 aliphatic carbocycles. The molecule has 1 amide bonds. The van der Waals surface area contributed by atoms with Crippen LogP contribution < -0.4 is 15.8 Å². The molecule has 5 heteroatoms. The molecule has 0 aromatic heterocycles. The molecule has 0 unspecified atom stereocenters. The lowest BCUT2D eigenvalue weighted by Crippen LogP contribution is -2.28. The summed E-state index contributed by atoms with van der Waals surface area (Å²) in [7, 11) is 1.40. The summed E-state index contributed by atoms with van der Waals surface area (Å²) in [5, 5.41) is 2.75. The highest BCUT2D eigenvalue weighted by molar-refractivity contribution is 5.80. The van der Waals surface area contributed by atoms with Gasteiger partial charge in [0.25, 0.3) is 0 Å². The number of nitrogens with one attached hydrogen (secondary N) is 1. The minimum absolute atomic E-state index is 0.0826. The van der Waals surface area contributed by atoms with Gasteiger partial charge in [-0.25, -0.2) is 4.39 Å². The van der Waals surface area contributed by atoms with Crippen molar-refractivity contribution in [3.05, 3.63) is 29.6 Å². The van der Waals surface area contributed by atoms with Crippen molar-refractivity contribution in [3.63, 3.8) is 0 Å². The number of hydrogen-bond acceptors (Lipinski definition) is 3. The molecule has 16 heavy (non-hydrogen) atoms. The van der Waals surface area contributed by atoms with Gasteiger partial charge in [-0.15, -0.1) is 0 Å². The molecule has 1 saturated heterocycles. The second-order valence-corrected chi connectivity index (χ2v) is 3.81. The Morgan fingerprint density at radius 3 is 2.88 bits per heavy atom. The van der Waals surface area contributed by atoms with E-state index in [4.69, 9.17) is 10.5 Å². The van der Waals surface area contributed by atoms with E-state index >= 15 is 0 Å². The molecule has 1 fully saturated rings. The fourth-order valence-corrected chi connectivity index (χ4v) is 1.87. The van der Waals surface area contributed by atoms with Gasteiger partial charge < -0.3 is 15.8 Å². The molecule has 0 bridgehead atoms. The Labute approximate surface area is 92.6 Å². The van der Waals surface area contributed by atoms with Crippen molar-refractivity contribution in [2.24, 2.45) is 5.73 Å². The van der Waals surface area contributed by atoms with Crippen molar-refractivity contribution in [2.75, 3.05) is 7.11 Å². The lowest BCUT2D eigenvalue weighted by atomic mass is 10.0. The standard InChI is InChI=1S/C11H13FN2O2/c1-16-9-4-6(2-3-7(9)12)11-8(13)5-10(15)14-11/h2-4,8,11H,5,13H2,1H3,(H,14,15)/t8-,11+/m0/s1. The summed E-state index contributed by atoms with van der Waals surface area (Å²) in [6.07, 6.45) is 0.296. The van der Waals surface area contributed by atoms with Crippen molar-refractivity contribution < 1.29 is 13.9 Å². The Balaban J connectivity index is 2.30. The highest BCUT2D eigenvalue weighted by Gasteiger charge is 2.30. The van der Waals surface area contributed by atoms with Crippen LogP contribution in [-0.2, 0) is 4.79 Å². The van der Waals surface area contributed by atoms with E-state index in [2.05, 4.69) is 5.32 Å². The van der Waals surface area contributed by atoms with Crippen molar-refractivity contribution in [3.8, 4) is 5.75 Å². The van der Waals surface area contributed by atoms with Crippen LogP contribution in [-0.4, -0.2) is 19.1 Å². The van der Waals surface area contributed by atoms with E-state index in [0.717, 1.165) is 5.56 Å². The number of ether oxygens (including phenoxy) is 1. The van der Waals surface area contributed by atoms with E-state index in [-0.39, 0.29) is 23.7 Å². The Hall–Kier alpha value is -1.62. The molecule has 3 N–H and O–H groups in total. The first kappa shape index (κ1) is 10.9. The minimum Gasteiger partial charge on any atom is -0.494 e. The second kappa shape index (κ2) is 4.09. The Morgan fingerprint density at radius 2 is 2.31 bits per heavy atom. The normalized spacial score (nSPS) is 24.3. The summed E-state index contributed by atoms with van der Waals surface area (Å²) in [6.45, 7) is 0. The molecule has 0 spiro atoms. The monoisotopic (exact) mass is 224 g/mol. The summed E-state index contributed by atoms with van der Waals surface area (Å²) in [5.74, 6) is -0.351. The van der Waals surface area contributed by atoms with Crippen molar-refractivity contribution in [1.82, 2.24) is 5.32 Å². The molecule has 0 saturated carbocycles. The van der Waals surface area contributed by atoms with Crippen molar-refractivity contribution in [2.45, 2.75) is 18.5 Å². The molecule has 0 radical (unpaired) electrons. The fraction of sp³-hybridized carbons (Fsp3) is 0.364. The predicted molar refractivity (Wildman–Crippen MR) is 56.4 cm³/mol. The maximum Gasteiger partial charge on any atom is 0.222 e. The van der Waals surface area contributed by atoms with Gasteiger partial charge in [-0.1, -0.05) is 6.07 Å². The van der Waals surface area contributed by atoms with Crippen LogP contribution in [0.4, 0.5) is 4.39 Å². The summed E-state index contributed by atoms with van der Waals surface area (Å²) in [5.41, 5.74) is 6.57. The van der Waals surface area contributed by atoms with E-state index in [1.54, 1.807) is 12.1 Å². The van der Waals surface area contributed by atoms with E-state index in [1.165, 1.54) is 13.2 Å². The number of carbonyl (C=O) groups excluding carboxylic acids is 1. The first-order chi connectivity index (χ1) is 7.61. The number of nitrogens with two attached hydrogens (primary N) is 1. The minimum atomic E-state index is -0.427. The molecule has 2 rings (SSSR count). The zero-order valence-electron chi connectivity index (χ0n) is 8.87. The van der Waals surface area contributed by atoms with Crippen LogP contribution in [0.15, 0.2) is 18.2 Å². The Bertz CT molecular complexity index is 422. The van der Waals surface area contributed by atoms with Crippen LogP contribution >= 0.6 is 0 Å². The Kier molecular flexibility index (Phi) is 2.78. The van der Waals surface area contributed by atoms with Crippen LogP contribution in [0.1, 0.15) is 18.0 Å². The van der Waals surface area contributed by atoms with Gasteiger partial charge in [0.15, 0.2) is 11.6 Å². The van der Waals surface area contributed by atoms with E-state index in [9.17, 15) is 9.18 Å². The number of amides is 1. The summed E-state index contributed by atoms with van der Waals surface area (Å²) in [6, 6.07) is 3.94. The van der Waals surface area contributed by atoms with E-state index in [0.29, 0.717) is 6.42 Å². The molecule has 86 valence electrons. The maximum atomic E-state index is 13.2. The van der Waals surface area contributed by atoms with Crippen LogP contribution in [0, 0.1) is 5.82 Å². The molecular formula is C11H13FN2O2. The number of methoxy groups -OCH3 is 1. The van der Waals surface area contributed by atoms with Gasteiger partial charge in [0.2, 0.25) is 5.91 Å². The lowest BCUT2D eigenvalue weighted by Gasteiger charge is -2.16.